The van der Waals surface area contributed by atoms with E-state index < -0.39 is 9.53 Å². The SMILES string of the molecule is CCC(C)(I)C(=O)OC1COC(=O)C1. The molecular formula is C9H13IO4. The zero-order valence-corrected chi connectivity index (χ0v) is 10.4. The van der Waals surface area contributed by atoms with Crippen molar-refractivity contribution < 1.29 is 19.1 Å². The molecule has 0 aliphatic carbocycles. The molecule has 0 aromatic rings. The molecule has 0 aromatic carbocycles. The van der Waals surface area contributed by atoms with Crippen molar-refractivity contribution in [2.75, 3.05) is 6.61 Å². The summed E-state index contributed by atoms with van der Waals surface area (Å²) in [6, 6.07) is 0. The topological polar surface area (TPSA) is 52.6 Å². The number of carbonyl (C=O) groups excluding carboxylic acids is 2. The first-order chi connectivity index (χ1) is 6.45. The van der Waals surface area contributed by atoms with E-state index in [1.165, 1.54) is 0 Å². The fourth-order valence-corrected chi connectivity index (χ4v) is 1.11. The Morgan fingerprint density at radius 1 is 1.79 bits per heavy atom. The molecule has 14 heavy (non-hydrogen) atoms. The summed E-state index contributed by atoms with van der Waals surface area (Å²) < 4.78 is 9.33. The van der Waals surface area contributed by atoms with Crippen LogP contribution in [0.1, 0.15) is 26.7 Å². The lowest BCUT2D eigenvalue weighted by molar-refractivity contribution is -0.151. The number of alkyl halides is 1. The third-order valence-corrected chi connectivity index (χ3v) is 3.39. The Morgan fingerprint density at radius 2 is 2.43 bits per heavy atom. The summed E-state index contributed by atoms with van der Waals surface area (Å²) in [5.74, 6) is -0.571. The van der Waals surface area contributed by atoms with Crippen LogP contribution in [0.5, 0.6) is 0 Å². The van der Waals surface area contributed by atoms with E-state index in [0.29, 0.717) is 6.42 Å². The second-order valence-electron chi connectivity index (χ2n) is 3.47. The van der Waals surface area contributed by atoms with Gasteiger partial charge in [-0.1, -0.05) is 29.5 Å². The molecule has 2 atom stereocenters. The van der Waals surface area contributed by atoms with Crippen LogP contribution in [0.25, 0.3) is 0 Å². The molecule has 2 unspecified atom stereocenters. The van der Waals surface area contributed by atoms with E-state index in [1.807, 2.05) is 13.8 Å². The fourth-order valence-electron chi connectivity index (χ4n) is 0.984. The minimum Gasteiger partial charge on any atom is -0.462 e. The quantitative estimate of drug-likeness (QED) is 0.450. The third-order valence-electron chi connectivity index (χ3n) is 2.19. The van der Waals surface area contributed by atoms with Gasteiger partial charge in [0.2, 0.25) is 0 Å². The summed E-state index contributed by atoms with van der Waals surface area (Å²) in [6.07, 6.45) is 0.492. The molecule has 1 aliphatic heterocycles. The molecule has 1 heterocycles. The second kappa shape index (κ2) is 4.46. The van der Waals surface area contributed by atoms with Crippen LogP contribution in [0, 0.1) is 0 Å². The van der Waals surface area contributed by atoms with Crippen LogP contribution in [-0.4, -0.2) is 28.1 Å². The fraction of sp³-hybridized carbons (Fsp3) is 0.778. The van der Waals surface area contributed by atoms with Crippen LogP contribution < -0.4 is 0 Å². The van der Waals surface area contributed by atoms with Crippen molar-refractivity contribution in [3.05, 3.63) is 0 Å². The van der Waals surface area contributed by atoms with Crippen molar-refractivity contribution >= 4 is 34.5 Å². The molecule has 0 amide bonds. The molecule has 1 saturated heterocycles. The highest BCUT2D eigenvalue weighted by Gasteiger charge is 2.34. The third kappa shape index (κ3) is 2.83. The molecule has 80 valence electrons. The molecule has 0 spiro atoms. The Bertz CT molecular complexity index is 249. The average Bonchev–Trinajstić information content (AvgIpc) is 2.51. The van der Waals surface area contributed by atoms with Crippen LogP contribution in [0.4, 0.5) is 0 Å². The van der Waals surface area contributed by atoms with Gasteiger partial charge in [0.25, 0.3) is 0 Å². The van der Waals surface area contributed by atoms with Gasteiger partial charge in [-0.3, -0.25) is 9.59 Å². The van der Waals surface area contributed by atoms with Crippen LogP contribution in [0.15, 0.2) is 0 Å². The molecule has 0 aromatic heterocycles. The van der Waals surface area contributed by atoms with E-state index in [-0.39, 0.29) is 25.0 Å². The largest absolute Gasteiger partial charge is 0.462 e. The van der Waals surface area contributed by atoms with Gasteiger partial charge in [0, 0.05) is 0 Å². The molecule has 5 heteroatoms. The van der Waals surface area contributed by atoms with E-state index in [1.54, 1.807) is 0 Å². The lowest BCUT2D eigenvalue weighted by atomic mass is 10.1. The van der Waals surface area contributed by atoms with Crippen LogP contribution >= 0.6 is 22.6 Å². The summed E-state index contributed by atoms with van der Waals surface area (Å²) in [4.78, 5) is 22.3. The Labute approximate surface area is 96.5 Å². The maximum absolute atomic E-state index is 11.6. The Balaban J connectivity index is 2.45. The van der Waals surface area contributed by atoms with Gasteiger partial charge in [-0.15, -0.1) is 0 Å². The summed E-state index contributed by atoms with van der Waals surface area (Å²) in [7, 11) is 0. The number of esters is 2. The van der Waals surface area contributed by atoms with Crippen molar-refractivity contribution in [2.45, 2.75) is 36.2 Å². The molecular weight excluding hydrogens is 299 g/mol. The summed E-state index contributed by atoms with van der Waals surface area (Å²) in [5.41, 5.74) is 0. The van der Waals surface area contributed by atoms with Gasteiger partial charge in [-0.2, -0.15) is 0 Å². The van der Waals surface area contributed by atoms with Crippen LogP contribution in [0.3, 0.4) is 0 Å². The molecule has 1 rings (SSSR count). The van der Waals surface area contributed by atoms with Gasteiger partial charge in [-0.25, -0.2) is 0 Å². The van der Waals surface area contributed by atoms with Gasteiger partial charge in [0.1, 0.15) is 16.1 Å². The van der Waals surface area contributed by atoms with Crippen molar-refractivity contribution in [3.63, 3.8) is 0 Å². The summed E-state index contributed by atoms with van der Waals surface area (Å²) >= 11 is 2.06. The first-order valence-electron chi connectivity index (χ1n) is 4.51. The number of halogens is 1. The number of hydrogen-bond donors (Lipinski definition) is 0. The van der Waals surface area contributed by atoms with Crippen molar-refractivity contribution in [3.8, 4) is 0 Å². The van der Waals surface area contributed by atoms with Gasteiger partial charge >= 0.3 is 11.9 Å². The number of ether oxygens (including phenoxy) is 2. The normalized spacial score (nSPS) is 25.4. The van der Waals surface area contributed by atoms with Gasteiger partial charge in [0.15, 0.2) is 0 Å². The molecule has 0 radical (unpaired) electrons. The zero-order valence-electron chi connectivity index (χ0n) is 8.21. The summed E-state index contributed by atoms with van der Waals surface area (Å²) in [5, 5.41) is 0. The number of hydrogen-bond acceptors (Lipinski definition) is 4. The molecule has 4 nitrogen and oxygen atoms in total. The lowest BCUT2D eigenvalue weighted by Crippen LogP contribution is -2.33. The standard InChI is InChI=1S/C9H13IO4/c1-3-9(2,10)8(12)14-6-4-7(11)13-5-6/h6H,3-5H2,1-2H3. The highest BCUT2D eigenvalue weighted by molar-refractivity contribution is 14.1. The Hall–Kier alpha value is -0.330. The number of carbonyl (C=O) groups is 2. The minimum atomic E-state index is -0.511. The lowest BCUT2D eigenvalue weighted by Gasteiger charge is -2.20. The monoisotopic (exact) mass is 312 g/mol. The van der Waals surface area contributed by atoms with Crippen molar-refractivity contribution in [1.82, 2.24) is 0 Å². The van der Waals surface area contributed by atoms with Crippen molar-refractivity contribution in [2.24, 2.45) is 0 Å². The second-order valence-corrected chi connectivity index (χ2v) is 5.85. The van der Waals surface area contributed by atoms with E-state index in [4.69, 9.17) is 9.47 Å². The van der Waals surface area contributed by atoms with E-state index >= 15 is 0 Å². The molecule has 0 saturated carbocycles. The number of cyclic esters (lactones) is 1. The van der Waals surface area contributed by atoms with Crippen LogP contribution in [-0.2, 0) is 19.1 Å². The van der Waals surface area contributed by atoms with E-state index in [0.717, 1.165) is 0 Å². The highest BCUT2D eigenvalue weighted by atomic mass is 127. The first-order valence-corrected chi connectivity index (χ1v) is 5.59. The predicted octanol–water partition coefficient (Wildman–Crippen LogP) is 1.45. The van der Waals surface area contributed by atoms with E-state index in [2.05, 4.69) is 22.6 Å². The van der Waals surface area contributed by atoms with Crippen LogP contribution in [0.2, 0.25) is 0 Å². The molecule has 1 aliphatic rings. The maximum Gasteiger partial charge on any atom is 0.322 e. The first kappa shape index (κ1) is 11.7. The maximum atomic E-state index is 11.6. The molecule has 0 bridgehead atoms. The van der Waals surface area contributed by atoms with Gasteiger partial charge in [-0.05, 0) is 13.3 Å². The predicted molar refractivity (Wildman–Crippen MR) is 58.2 cm³/mol. The van der Waals surface area contributed by atoms with Gasteiger partial charge in [0.05, 0.1) is 6.42 Å². The number of rotatable bonds is 3. The summed E-state index contributed by atoms with van der Waals surface area (Å²) in [6.45, 7) is 3.93. The molecule has 1 fully saturated rings. The Kier molecular flexibility index (Phi) is 3.74. The van der Waals surface area contributed by atoms with E-state index in [9.17, 15) is 9.59 Å². The average molecular weight is 312 g/mol. The van der Waals surface area contributed by atoms with Crippen molar-refractivity contribution in [1.29, 1.82) is 0 Å². The Morgan fingerprint density at radius 3 is 2.86 bits per heavy atom. The van der Waals surface area contributed by atoms with Gasteiger partial charge < -0.3 is 9.47 Å². The highest BCUT2D eigenvalue weighted by Crippen LogP contribution is 2.25. The minimum absolute atomic E-state index is 0.183. The smallest absolute Gasteiger partial charge is 0.322 e. The zero-order chi connectivity index (χ0) is 10.8. The molecule has 0 N–H and O–H groups in total.